The van der Waals surface area contributed by atoms with Gasteiger partial charge in [-0.3, -0.25) is 0 Å². The van der Waals surface area contributed by atoms with E-state index in [0.29, 0.717) is 11.1 Å². The molecule has 3 heteroatoms. The number of nitrogens with two attached hydrogens (primary N) is 1. The number of hydrogen-bond donors (Lipinski definition) is 1. The smallest absolute Gasteiger partial charge is 0.134 e. The lowest BCUT2D eigenvalue weighted by atomic mass is 9.86. The van der Waals surface area contributed by atoms with Crippen LogP contribution < -0.4 is 10.5 Å². The third kappa shape index (κ3) is 3.61. The lowest BCUT2D eigenvalue weighted by Gasteiger charge is -2.22. The van der Waals surface area contributed by atoms with Crippen LogP contribution in [0.4, 0.5) is 4.39 Å². The predicted molar refractivity (Wildman–Crippen MR) is 83.8 cm³/mol. The largest absolute Gasteiger partial charge is 0.488 e. The molecule has 21 heavy (non-hydrogen) atoms. The Balaban J connectivity index is 2.22. The summed E-state index contributed by atoms with van der Waals surface area (Å²) in [6.45, 7) is 6.78. The van der Waals surface area contributed by atoms with E-state index in [1.54, 1.807) is 18.2 Å². The molecule has 0 saturated heterocycles. The normalized spacial score (nSPS) is 11.5. The molecule has 0 unspecified atom stereocenters. The monoisotopic (exact) mass is 287 g/mol. The van der Waals surface area contributed by atoms with Gasteiger partial charge in [-0.2, -0.15) is 0 Å². The number of rotatable bonds is 4. The summed E-state index contributed by atoms with van der Waals surface area (Å²) in [7, 11) is 0. The molecule has 0 aliphatic heterocycles. The lowest BCUT2D eigenvalue weighted by molar-refractivity contribution is 0.291. The SMILES string of the molecule is CC(C)(C)c1ccccc1OCc1cccc(CN)c1F. The summed E-state index contributed by atoms with van der Waals surface area (Å²) in [6.07, 6.45) is 0. The topological polar surface area (TPSA) is 35.2 Å². The Morgan fingerprint density at radius 1 is 1.00 bits per heavy atom. The van der Waals surface area contributed by atoms with Crippen LogP contribution in [-0.2, 0) is 18.6 Å². The Hall–Kier alpha value is -1.87. The Labute approximate surface area is 125 Å². The minimum Gasteiger partial charge on any atom is -0.488 e. The van der Waals surface area contributed by atoms with E-state index in [-0.39, 0.29) is 24.4 Å². The van der Waals surface area contributed by atoms with E-state index in [2.05, 4.69) is 20.8 Å². The summed E-state index contributed by atoms with van der Waals surface area (Å²) in [5.41, 5.74) is 7.66. The van der Waals surface area contributed by atoms with Gasteiger partial charge >= 0.3 is 0 Å². The van der Waals surface area contributed by atoms with Gasteiger partial charge in [0.1, 0.15) is 18.2 Å². The lowest BCUT2D eigenvalue weighted by Crippen LogP contribution is -2.13. The van der Waals surface area contributed by atoms with Crippen molar-refractivity contribution >= 4 is 0 Å². The first kappa shape index (κ1) is 15.5. The molecule has 0 atom stereocenters. The molecule has 0 aliphatic carbocycles. The standard InChI is InChI=1S/C18H22FNO/c1-18(2,3)15-9-4-5-10-16(15)21-12-14-8-6-7-13(11-20)17(14)19/h4-10H,11-12,20H2,1-3H3. The van der Waals surface area contributed by atoms with Crippen LogP contribution in [0.1, 0.15) is 37.5 Å². The molecule has 0 bridgehead atoms. The molecule has 0 aliphatic rings. The van der Waals surface area contributed by atoms with Crippen LogP contribution in [-0.4, -0.2) is 0 Å². The van der Waals surface area contributed by atoms with Crippen molar-refractivity contribution in [3.05, 3.63) is 65.0 Å². The predicted octanol–water partition coefficient (Wildman–Crippen LogP) is 4.16. The maximum atomic E-state index is 14.2. The molecule has 112 valence electrons. The molecular weight excluding hydrogens is 265 g/mol. The third-order valence-electron chi connectivity index (χ3n) is 3.46. The molecule has 0 radical (unpaired) electrons. The number of para-hydroxylation sites is 1. The zero-order valence-electron chi connectivity index (χ0n) is 12.8. The number of ether oxygens (including phenoxy) is 1. The van der Waals surface area contributed by atoms with E-state index in [4.69, 9.17) is 10.5 Å². The van der Waals surface area contributed by atoms with Gasteiger partial charge in [0.05, 0.1) is 0 Å². The Bertz CT molecular complexity index is 617. The van der Waals surface area contributed by atoms with E-state index < -0.39 is 0 Å². The highest BCUT2D eigenvalue weighted by Gasteiger charge is 2.18. The fourth-order valence-electron chi connectivity index (χ4n) is 2.27. The van der Waals surface area contributed by atoms with Crippen molar-refractivity contribution < 1.29 is 9.13 Å². The van der Waals surface area contributed by atoms with Crippen LogP contribution in [0.2, 0.25) is 0 Å². The van der Waals surface area contributed by atoms with Crippen molar-refractivity contribution in [2.45, 2.75) is 39.3 Å². The summed E-state index contributed by atoms with van der Waals surface area (Å²) in [6, 6.07) is 13.1. The van der Waals surface area contributed by atoms with Gasteiger partial charge in [-0.25, -0.2) is 4.39 Å². The van der Waals surface area contributed by atoms with E-state index in [1.165, 1.54) is 0 Å². The molecule has 2 aromatic carbocycles. The first-order valence-corrected chi connectivity index (χ1v) is 7.12. The molecule has 2 nitrogen and oxygen atoms in total. The number of benzene rings is 2. The highest BCUT2D eigenvalue weighted by Crippen LogP contribution is 2.31. The Morgan fingerprint density at radius 2 is 1.67 bits per heavy atom. The second kappa shape index (κ2) is 6.27. The van der Waals surface area contributed by atoms with Crippen molar-refractivity contribution in [2.24, 2.45) is 5.73 Å². The van der Waals surface area contributed by atoms with Crippen molar-refractivity contribution in [3.8, 4) is 5.75 Å². The summed E-state index contributed by atoms with van der Waals surface area (Å²) >= 11 is 0. The highest BCUT2D eigenvalue weighted by molar-refractivity contribution is 5.38. The maximum absolute atomic E-state index is 14.2. The summed E-state index contributed by atoms with van der Waals surface area (Å²) in [5, 5.41) is 0. The molecule has 0 saturated carbocycles. The van der Waals surface area contributed by atoms with E-state index in [1.807, 2.05) is 24.3 Å². The molecular formula is C18H22FNO. The molecule has 2 aromatic rings. The van der Waals surface area contributed by atoms with Gasteiger partial charge in [0.25, 0.3) is 0 Å². The van der Waals surface area contributed by atoms with Gasteiger partial charge in [0, 0.05) is 17.7 Å². The molecule has 0 spiro atoms. The number of hydrogen-bond acceptors (Lipinski definition) is 2. The highest BCUT2D eigenvalue weighted by atomic mass is 19.1. The van der Waals surface area contributed by atoms with Gasteiger partial charge in [-0.1, -0.05) is 57.2 Å². The maximum Gasteiger partial charge on any atom is 0.134 e. The second-order valence-electron chi connectivity index (χ2n) is 6.13. The van der Waals surface area contributed by atoms with Crippen molar-refractivity contribution in [1.29, 1.82) is 0 Å². The Morgan fingerprint density at radius 3 is 2.33 bits per heavy atom. The van der Waals surface area contributed by atoms with Gasteiger partial charge in [-0.05, 0) is 17.0 Å². The van der Waals surface area contributed by atoms with Crippen LogP contribution in [0.3, 0.4) is 0 Å². The van der Waals surface area contributed by atoms with E-state index in [9.17, 15) is 4.39 Å². The molecule has 0 heterocycles. The van der Waals surface area contributed by atoms with E-state index >= 15 is 0 Å². The van der Waals surface area contributed by atoms with Gasteiger partial charge < -0.3 is 10.5 Å². The van der Waals surface area contributed by atoms with Crippen LogP contribution in [0.25, 0.3) is 0 Å². The average molecular weight is 287 g/mol. The van der Waals surface area contributed by atoms with Crippen LogP contribution in [0.5, 0.6) is 5.75 Å². The van der Waals surface area contributed by atoms with Crippen LogP contribution in [0.15, 0.2) is 42.5 Å². The Kier molecular flexibility index (Phi) is 4.63. The molecule has 0 amide bonds. The van der Waals surface area contributed by atoms with Gasteiger partial charge in [0.2, 0.25) is 0 Å². The van der Waals surface area contributed by atoms with Gasteiger partial charge in [0.15, 0.2) is 0 Å². The fraction of sp³-hybridized carbons (Fsp3) is 0.333. The molecule has 0 aromatic heterocycles. The minimum atomic E-state index is -0.270. The minimum absolute atomic E-state index is 0.0196. The van der Waals surface area contributed by atoms with Crippen molar-refractivity contribution in [2.75, 3.05) is 0 Å². The van der Waals surface area contributed by atoms with Crippen molar-refractivity contribution in [1.82, 2.24) is 0 Å². The summed E-state index contributed by atoms with van der Waals surface area (Å²) in [4.78, 5) is 0. The summed E-state index contributed by atoms with van der Waals surface area (Å²) < 4.78 is 20.0. The quantitative estimate of drug-likeness (QED) is 0.916. The zero-order valence-corrected chi connectivity index (χ0v) is 12.8. The summed E-state index contributed by atoms with van der Waals surface area (Å²) in [5.74, 6) is 0.524. The first-order chi connectivity index (χ1) is 9.93. The zero-order chi connectivity index (χ0) is 15.5. The fourth-order valence-corrected chi connectivity index (χ4v) is 2.27. The average Bonchev–Trinajstić information content (AvgIpc) is 2.45. The molecule has 2 rings (SSSR count). The van der Waals surface area contributed by atoms with E-state index in [0.717, 1.165) is 11.3 Å². The molecule has 0 fully saturated rings. The van der Waals surface area contributed by atoms with Crippen molar-refractivity contribution in [3.63, 3.8) is 0 Å². The second-order valence-corrected chi connectivity index (χ2v) is 6.13. The van der Waals surface area contributed by atoms with Gasteiger partial charge in [-0.15, -0.1) is 0 Å². The first-order valence-electron chi connectivity index (χ1n) is 7.12. The van der Waals surface area contributed by atoms with Crippen LogP contribution in [0, 0.1) is 5.82 Å². The van der Waals surface area contributed by atoms with Crippen LogP contribution >= 0.6 is 0 Å². The third-order valence-corrected chi connectivity index (χ3v) is 3.46. The number of halogens is 1. The molecule has 2 N–H and O–H groups in total.